The fraction of sp³-hybridized carbons (Fsp3) is 0.333. The van der Waals surface area contributed by atoms with E-state index in [-0.39, 0.29) is 29.6 Å². The number of nitrogens with one attached hydrogen (secondary N) is 1. The summed E-state index contributed by atoms with van der Waals surface area (Å²) in [6.45, 7) is 8.34. The molecule has 188 valence electrons. The summed E-state index contributed by atoms with van der Waals surface area (Å²) in [6, 6.07) is 19.3. The van der Waals surface area contributed by atoms with Crippen molar-refractivity contribution in [2.75, 3.05) is 11.9 Å². The number of carbonyl (C=O) groups is 2. The van der Waals surface area contributed by atoms with Gasteiger partial charge in [0.2, 0.25) is 5.91 Å². The molecule has 1 N–H and O–H groups in total. The fourth-order valence-electron chi connectivity index (χ4n) is 4.54. The molecule has 1 aliphatic rings. The molecule has 1 heterocycles. The fourth-order valence-corrected chi connectivity index (χ4v) is 4.54. The van der Waals surface area contributed by atoms with Gasteiger partial charge in [0.1, 0.15) is 11.6 Å². The topological polar surface area (TPSA) is 58.6 Å². The standard InChI is InChI=1S/C30H33FN2O3/c1-19(2)17-28(34)33-16-15-22-9-14-26(18-27(22)29(33)23-7-10-24(31)11-8-23)36-21(4)30(35)32-25-12-5-20(3)6-13-25/h5-14,18-19,21,29H,15-17H2,1-4H3,(H,32,35). The maximum atomic E-state index is 13.7. The van der Waals surface area contributed by atoms with Crippen molar-refractivity contribution >= 4 is 17.5 Å². The van der Waals surface area contributed by atoms with Crippen LogP contribution in [0.1, 0.15) is 55.5 Å². The first-order valence-corrected chi connectivity index (χ1v) is 12.4. The van der Waals surface area contributed by atoms with Crippen LogP contribution in [0.4, 0.5) is 10.1 Å². The van der Waals surface area contributed by atoms with Crippen LogP contribution in [-0.4, -0.2) is 29.4 Å². The molecule has 0 spiro atoms. The number of rotatable bonds is 7. The van der Waals surface area contributed by atoms with Crippen molar-refractivity contribution in [3.8, 4) is 5.75 Å². The molecule has 0 fully saturated rings. The number of hydrogen-bond donors (Lipinski definition) is 1. The zero-order valence-electron chi connectivity index (χ0n) is 21.3. The van der Waals surface area contributed by atoms with E-state index in [1.807, 2.05) is 68.1 Å². The Morgan fingerprint density at radius 1 is 1.03 bits per heavy atom. The molecule has 4 rings (SSSR count). The summed E-state index contributed by atoms with van der Waals surface area (Å²) < 4.78 is 19.7. The molecule has 0 saturated carbocycles. The molecule has 1 aliphatic heterocycles. The quantitative estimate of drug-likeness (QED) is 0.440. The van der Waals surface area contributed by atoms with Crippen molar-refractivity contribution < 1.29 is 18.7 Å². The lowest BCUT2D eigenvalue weighted by molar-refractivity contribution is -0.134. The Morgan fingerprint density at radius 2 is 1.72 bits per heavy atom. The van der Waals surface area contributed by atoms with Crippen LogP contribution < -0.4 is 10.1 Å². The van der Waals surface area contributed by atoms with Crippen molar-refractivity contribution in [1.29, 1.82) is 0 Å². The average Bonchev–Trinajstić information content (AvgIpc) is 2.84. The minimum atomic E-state index is -0.726. The van der Waals surface area contributed by atoms with Crippen LogP contribution in [0.15, 0.2) is 66.7 Å². The predicted molar refractivity (Wildman–Crippen MR) is 139 cm³/mol. The molecule has 2 atom stereocenters. The SMILES string of the molecule is Cc1ccc(NC(=O)C(C)Oc2ccc3c(c2)C(c2ccc(F)cc2)N(C(=O)CC(C)C)CC3)cc1. The molecule has 6 heteroatoms. The summed E-state index contributed by atoms with van der Waals surface area (Å²) in [6.07, 6.45) is 0.441. The lowest BCUT2D eigenvalue weighted by Crippen LogP contribution is -2.41. The van der Waals surface area contributed by atoms with E-state index in [1.165, 1.54) is 12.1 Å². The Morgan fingerprint density at radius 3 is 2.39 bits per heavy atom. The van der Waals surface area contributed by atoms with Crippen LogP contribution in [-0.2, 0) is 16.0 Å². The second kappa shape index (κ2) is 10.9. The number of carbonyl (C=O) groups excluding carboxylic acids is 2. The van der Waals surface area contributed by atoms with Gasteiger partial charge in [-0.1, -0.05) is 49.7 Å². The van der Waals surface area contributed by atoms with Crippen molar-refractivity contribution in [2.45, 2.75) is 52.7 Å². The van der Waals surface area contributed by atoms with Gasteiger partial charge in [-0.05, 0) is 79.3 Å². The van der Waals surface area contributed by atoms with Gasteiger partial charge in [-0.3, -0.25) is 9.59 Å². The van der Waals surface area contributed by atoms with Gasteiger partial charge in [-0.2, -0.15) is 0 Å². The van der Waals surface area contributed by atoms with E-state index in [4.69, 9.17) is 4.74 Å². The molecule has 0 bridgehead atoms. The number of aryl methyl sites for hydroxylation is 1. The number of hydrogen-bond acceptors (Lipinski definition) is 3. The molecule has 3 aromatic rings. The molecule has 0 saturated heterocycles. The largest absolute Gasteiger partial charge is 0.481 e. The van der Waals surface area contributed by atoms with Gasteiger partial charge in [-0.15, -0.1) is 0 Å². The second-order valence-corrected chi connectivity index (χ2v) is 9.87. The zero-order chi connectivity index (χ0) is 25.8. The lowest BCUT2D eigenvalue weighted by atomic mass is 9.87. The number of fused-ring (bicyclic) bond motifs is 1. The van der Waals surface area contributed by atoms with Crippen molar-refractivity contribution in [3.63, 3.8) is 0 Å². The third-order valence-corrected chi connectivity index (χ3v) is 6.44. The van der Waals surface area contributed by atoms with E-state index < -0.39 is 6.10 Å². The van der Waals surface area contributed by atoms with Crippen LogP contribution in [0, 0.1) is 18.7 Å². The number of amides is 2. The molecule has 5 nitrogen and oxygen atoms in total. The predicted octanol–water partition coefficient (Wildman–Crippen LogP) is 6.06. The molecule has 2 amide bonds. The van der Waals surface area contributed by atoms with E-state index in [9.17, 15) is 14.0 Å². The Hall–Kier alpha value is -3.67. The maximum Gasteiger partial charge on any atom is 0.265 e. The summed E-state index contributed by atoms with van der Waals surface area (Å²) in [5, 5.41) is 2.88. The Labute approximate surface area is 212 Å². The number of anilines is 1. The summed E-state index contributed by atoms with van der Waals surface area (Å²) in [5.74, 6) is 0.281. The molecule has 0 aromatic heterocycles. The molecular weight excluding hydrogens is 455 g/mol. The van der Waals surface area contributed by atoms with E-state index in [0.717, 1.165) is 28.7 Å². The summed E-state index contributed by atoms with van der Waals surface area (Å²) in [5.41, 5.74) is 4.72. The molecule has 36 heavy (non-hydrogen) atoms. The van der Waals surface area contributed by atoms with Crippen LogP contribution in [0.25, 0.3) is 0 Å². The summed E-state index contributed by atoms with van der Waals surface area (Å²) in [7, 11) is 0. The molecule has 0 radical (unpaired) electrons. The Kier molecular flexibility index (Phi) is 7.73. The monoisotopic (exact) mass is 488 g/mol. The first-order chi connectivity index (χ1) is 17.2. The van der Waals surface area contributed by atoms with Gasteiger partial charge in [0.25, 0.3) is 5.91 Å². The highest BCUT2D eigenvalue weighted by molar-refractivity contribution is 5.94. The molecular formula is C30H33FN2O3. The van der Waals surface area contributed by atoms with Crippen molar-refractivity contribution in [2.24, 2.45) is 5.92 Å². The van der Waals surface area contributed by atoms with Gasteiger partial charge >= 0.3 is 0 Å². The van der Waals surface area contributed by atoms with Gasteiger partial charge < -0.3 is 15.0 Å². The molecule has 0 aliphatic carbocycles. The van der Waals surface area contributed by atoms with Gasteiger partial charge in [0.15, 0.2) is 6.10 Å². The third kappa shape index (κ3) is 5.93. The number of halogens is 1. The molecule has 3 aromatic carbocycles. The lowest BCUT2D eigenvalue weighted by Gasteiger charge is -2.38. The number of nitrogens with zero attached hydrogens (tertiary/aromatic N) is 1. The summed E-state index contributed by atoms with van der Waals surface area (Å²) in [4.78, 5) is 27.8. The van der Waals surface area contributed by atoms with Crippen LogP contribution in [0.3, 0.4) is 0 Å². The van der Waals surface area contributed by atoms with Crippen LogP contribution in [0.5, 0.6) is 5.75 Å². The Balaban J connectivity index is 1.60. The van der Waals surface area contributed by atoms with E-state index in [2.05, 4.69) is 5.32 Å². The first kappa shape index (κ1) is 25.4. The first-order valence-electron chi connectivity index (χ1n) is 12.4. The highest BCUT2D eigenvalue weighted by atomic mass is 19.1. The minimum absolute atomic E-state index is 0.0714. The normalized spacial score (nSPS) is 15.8. The highest BCUT2D eigenvalue weighted by Crippen LogP contribution is 2.38. The number of ether oxygens (including phenoxy) is 1. The number of benzene rings is 3. The molecule has 2 unspecified atom stereocenters. The third-order valence-electron chi connectivity index (χ3n) is 6.44. The van der Waals surface area contributed by atoms with Gasteiger partial charge in [-0.25, -0.2) is 4.39 Å². The van der Waals surface area contributed by atoms with E-state index in [0.29, 0.717) is 24.4 Å². The van der Waals surface area contributed by atoms with Gasteiger partial charge in [0, 0.05) is 18.7 Å². The highest BCUT2D eigenvalue weighted by Gasteiger charge is 2.32. The zero-order valence-corrected chi connectivity index (χ0v) is 21.3. The Bertz CT molecular complexity index is 1220. The average molecular weight is 489 g/mol. The van der Waals surface area contributed by atoms with Crippen LogP contribution in [0.2, 0.25) is 0 Å². The van der Waals surface area contributed by atoms with Crippen LogP contribution >= 0.6 is 0 Å². The van der Waals surface area contributed by atoms with E-state index in [1.54, 1.807) is 19.1 Å². The summed E-state index contributed by atoms with van der Waals surface area (Å²) >= 11 is 0. The maximum absolute atomic E-state index is 13.7. The van der Waals surface area contributed by atoms with Gasteiger partial charge in [0.05, 0.1) is 6.04 Å². The second-order valence-electron chi connectivity index (χ2n) is 9.87. The van der Waals surface area contributed by atoms with Crippen molar-refractivity contribution in [1.82, 2.24) is 4.90 Å². The van der Waals surface area contributed by atoms with E-state index >= 15 is 0 Å². The van der Waals surface area contributed by atoms with Crippen molar-refractivity contribution in [3.05, 3.63) is 94.8 Å². The minimum Gasteiger partial charge on any atom is -0.481 e. The smallest absolute Gasteiger partial charge is 0.265 e.